The molecule has 0 aromatic rings. The molecule has 1 heterocycles. The van der Waals surface area contributed by atoms with Gasteiger partial charge in [-0.1, -0.05) is 27.2 Å². The Labute approximate surface area is 107 Å². The summed E-state index contributed by atoms with van der Waals surface area (Å²) < 4.78 is 0. The molecule has 2 N–H and O–H groups in total. The molecule has 0 spiro atoms. The Balaban J connectivity index is 1.68. The first-order chi connectivity index (χ1) is 8.09. The second-order valence-corrected chi connectivity index (χ2v) is 6.96. The van der Waals surface area contributed by atoms with Gasteiger partial charge < -0.3 is 10.6 Å². The average molecular weight is 238 g/mol. The smallest absolute Gasteiger partial charge is 0.0195 e. The van der Waals surface area contributed by atoms with Crippen molar-refractivity contribution in [1.82, 2.24) is 10.6 Å². The van der Waals surface area contributed by atoms with E-state index in [9.17, 15) is 0 Å². The minimum absolute atomic E-state index is 0.573. The van der Waals surface area contributed by atoms with Crippen molar-refractivity contribution in [2.75, 3.05) is 13.1 Å². The van der Waals surface area contributed by atoms with Crippen LogP contribution in [0, 0.1) is 11.3 Å². The topological polar surface area (TPSA) is 24.1 Å². The lowest BCUT2D eigenvalue weighted by Crippen LogP contribution is -2.46. The van der Waals surface area contributed by atoms with E-state index in [1.165, 1.54) is 51.6 Å². The first-order valence-corrected chi connectivity index (χ1v) is 7.56. The van der Waals surface area contributed by atoms with Crippen LogP contribution in [0.25, 0.3) is 0 Å². The second kappa shape index (κ2) is 5.71. The predicted molar refractivity (Wildman–Crippen MR) is 74.2 cm³/mol. The van der Waals surface area contributed by atoms with Crippen LogP contribution in [0.4, 0.5) is 0 Å². The third kappa shape index (κ3) is 3.96. The maximum Gasteiger partial charge on any atom is 0.0195 e. The molecule has 2 fully saturated rings. The summed E-state index contributed by atoms with van der Waals surface area (Å²) in [5.74, 6) is 0.961. The maximum atomic E-state index is 3.79. The number of hydrogen-bond acceptors (Lipinski definition) is 2. The monoisotopic (exact) mass is 238 g/mol. The predicted octanol–water partition coefficient (Wildman–Crippen LogP) is 2.93. The van der Waals surface area contributed by atoms with Gasteiger partial charge in [-0.3, -0.25) is 0 Å². The maximum absolute atomic E-state index is 3.79. The van der Waals surface area contributed by atoms with Crippen LogP contribution in [-0.4, -0.2) is 25.2 Å². The Kier molecular flexibility index (Phi) is 4.48. The molecular weight excluding hydrogens is 208 g/mol. The fourth-order valence-corrected chi connectivity index (χ4v) is 3.54. The molecule has 0 amide bonds. The summed E-state index contributed by atoms with van der Waals surface area (Å²) in [6, 6.07) is 1.49. The van der Waals surface area contributed by atoms with E-state index in [-0.39, 0.29) is 0 Å². The molecule has 1 aliphatic heterocycles. The van der Waals surface area contributed by atoms with Crippen LogP contribution in [0.1, 0.15) is 59.3 Å². The van der Waals surface area contributed by atoms with Gasteiger partial charge in [0.1, 0.15) is 0 Å². The highest BCUT2D eigenvalue weighted by molar-refractivity contribution is 4.88. The van der Waals surface area contributed by atoms with Crippen molar-refractivity contribution in [3.63, 3.8) is 0 Å². The van der Waals surface area contributed by atoms with Crippen molar-refractivity contribution in [3.8, 4) is 0 Å². The minimum atomic E-state index is 0.573. The van der Waals surface area contributed by atoms with Gasteiger partial charge in [-0.25, -0.2) is 0 Å². The molecule has 3 unspecified atom stereocenters. The summed E-state index contributed by atoms with van der Waals surface area (Å²) in [6.45, 7) is 9.54. The Morgan fingerprint density at radius 3 is 2.76 bits per heavy atom. The number of hydrogen-bond donors (Lipinski definition) is 2. The first-order valence-electron chi connectivity index (χ1n) is 7.56. The molecule has 1 aliphatic carbocycles. The Hall–Kier alpha value is -0.0800. The van der Waals surface area contributed by atoms with Crippen LogP contribution in [0.2, 0.25) is 0 Å². The number of piperidine rings is 1. The Bertz CT molecular complexity index is 237. The number of nitrogens with one attached hydrogen (secondary N) is 2. The average Bonchev–Trinajstić information content (AvgIpc) is 2.67. The van der Waals surface area contributed by atoms with E-state index in [0.717, 1.165) is 18.0 Å². The summed E-state index contributed by atoms with van der Waals surface area (Å²) in [6.07, 6.45) is 8.23. The van der Waals surface area contributed by atoms with Gasteiger partial charge in [0.25, 0.3) is 0 Å². The van der Waals surface area contributed by atoms with Gasteiger partial charge >= 0.3 is 0 Å². The highest BCUT2D eigenvalue weighted by atomic mass is 15.0. The van der Waals surface area contributed by atoms with Crippen LogP contribution >= 0.6 is 0 Å². The molecule has 3 atom stereocenters. The molecule has 2 rings (SSSR count). The summed E-state index contributed by atoms with van der Waals surface area (Å²) >= 11 is 0. The van der Waals surface area contributed by atoms with Crippen molar-refractivity contribution in [2.45, 2.75) is 71.4 Å². The molecule has 100 valence electrons. The Morgan fingerprint density at radius 1 is 1.29 bits per heavy atom. The SMILES string of the molecule is CCC1CCNC(CNC2CCC(C)(C)C2)C1. The van der Waals surface area contributed by atoms with Gasteiger partial charge in [-0.05, 0) is 50.0 Å². The largest absolute Gasteiger partial charge is 0.313 e. The Morgan fingerprint density at radius 2 is 2.12 bits per heavy atom. The van der Waals surface area contributed by atoms with Crippen molar-refractivity contribution >= 4 is 0 Å². The highest BCUT2D eigenvalue weighted by Gasteiger charge is 2.31. The second-order valence-electron chi connectivity index (χ2n) is 6.96. The van der Waals surface area contributed by atoms with Crippen molar-refractivity contribution < 1.29 is 0 Å². The molecule has 0 aromatic carbocycles. The van der Waals surface area contributed by atoms with Gasteiger partial charge in [0, 0.05) is 18.6 Å². The van der Waals surface area contributed by atoms with Crippen LogP contribution < -0.4 is 10.6 Å². The molecule has 1 saturated carbocycles. The lowest BCUT2D eigenvalue weighted by atomic mass is 9.90. The molecule has 0 bridgehead atoms. The molecule has 1 saturated heterocycles. The summed E-state index contributed by atoms with van der Waals surface area (Å²) in [7, 11) is 0. The summed E-state index contributed by atoms with van der Waals surface area (Å²) in [5, 5.41) is 7.45. The molecule has 2 nitrogen and oxygen atoms in total. The van der Waals surface area contributed by atoms with Crippen LogP contribution in [0.15, 0.2) is 0 Å². The zero-order chi connectivity index (χ0) is 12.3. The molecule has 2 aliphatic rings. The van der Waals surface area contributed by atoms with E-state index < -0.39 is 0 Å². The van der Waals surface area contributed by atoms with Crippen molar-refractivity contribution in [3.05, 3.63) is 0 Å². The van der Waals surface area contributed by atoms with Gasteiger partial charge in [0.2, 0.25) is 0 Å². The fraction of sp³-hybridized carbons (Fsp3) is 1.00. The normalized spacial score (nSPS) is 37.2. The molecule has 2 heteroatoms. The summed E-state index contributed by atoms with van der Waals surface area (Å²) in [4.78, 5) is 0. The number of rotatable bonds is 4. The molecule has 17 heavy (non-hydrogen) atoms. The van der Waals surface area contributed by atoms with Crippen LogP contribution in [-0.2, 0) is 0 Å². The zero-order valence-electron chi connectivity index (χ0n) is 11.9. The van der Waals surface area contributed by atoms with Crippen LogP contribution in [0.3, 0.4) is 0 Å². The molecule has 0 radical (unpaired) electrons. The molecule has 0 aromatic heterocycles. The van der Waals surface area contributed by atoms with Crippen molar-refractivity contribution in [1.29, 1.82) is 0 Å². The quantitative estimate of drug-likeness (QED) is 0.787. The van der Waals surface area contributed by atoms with E-state index >= 15 is 0 Å². The highest BCUT2D eigenvalue weighted by Crippen LogP contribution is 2.36. The lowest BCUT2D eigenvalue weighted by molar-refractivity contribution is 0.278. The third-order valence-corrected chi connectivity index (χ3v) is 4.80. The van der Waals surface area contributed by atoms with Gasteiger partial charge in [0.15, 0.2) is 0 Å². The standard InChI is InChI=1S/C15H30N2/c1-4-12-6-8-16-14(9-12)11-17-13-5-7-15(2,3)10-13/h12-14,16-17H,4-11H2,1-3H3. The van der Waals surface area contributed by atoms with Gasteiger partial charge in [-0.15, -0.1) is 0 Å². The fourth-order valence-electron chi connectivity index (χ4n) is 3.54. The summed E-state index contributed by atoms with van der Waals surface area (Å²) in [5.41, 5.74) is 0.573. The van der Waals surface area contributed by atoms with Gasteiger partial charge in [0.05, 0.1) is 0 Å². The zero-order valence-corrected chi connectivity index (χ0v) is 11.9. The molecular formula is C15H30N2. The van der Waals surface area contributed by atoms with Crippen LogP contribution in [0.5, 0.6) is 0 Å². The van der Waals surface area contributed by atoms with E-state index in [4.69, 9.17) is 0 Å². The first kappa shape index (κ1) is 13.4. The lowest BCUT2D eigenvalue weighted by Gasteiger charge is -2.31. The van der Waals surface area contributed by atoms with Crippen molar-refractivity contribution in [2.24, 2.45) is 11.3 Å². The van der Waals surface area contributed by atoms with E-state index in [0.29, 0.717) is 5.41 Å². The van der Waals surface area contributed by atoms with E-state index in [1.807, 2.05) is 0 Å². The van der Waals surface area contributed by atoms with E-state index in [2.05, 4.69) is 31.4 Å². The third-order valence-electron chi connectivity index (χ3n) is 4.80. The van der Waals surface area contributed by atoms with Gasteiger partial charge in [-0.2, -0.15) is 0 Å². The minimum Gasteiger partial charge on any atom is -0.313 e. The van der Waals surface area contributed by atoms with E-state index in [1.54, 1.807) is 0 Å².